The fourth-order valence-electron chi connectivity index (χ4n) is 2.11. The maximum absolute atomic E-state index is 13.2. The number of carbonyl (C=O) groups is 1. The van der Waals surface area contributed by atoms with Crippen LogP contribution in [-0.4, -0.2) is 15.6 Å². The summed E-state index contributed by atoms with van der Waals surface area (Å²) in [6.07, 6.45) is 0.250. The lowest BCUT2D eigenvalue weighted by Crippen LogP contribution is -2.10. The van der Waals surface area contributed by atoms with Gasteiger partial charge in [0.05, 0.1) is 22.3 Å². The Hall–Kier alpha value is -1.49. The summed E-state index contributed by atoms with van der Waals surface area (Å²) in [5, 5.41) is 4.36. The lowest BCUT2D eigenvalue weighted by Gasteiger charge is -2.06. The number of benzene rings is 1. The van der Waals surface area contributed by atoms with E-state index in [4.69, 9.17) is 0 Å². The van der Waals surface area contributed by atoms with Gasteiger partial charge in [-0.3, -0.25) is 9.48 Å². The molecule has 20 heavy (non-hydrogen) atoms. The number of rotatable bonds is 4. The van der Waals surface area contributed by atoms with Crippen LogP contribution in [0.2, 0.25) is 0 Å². The second kappa shape index (κ2) is 5.87. The van der Waals surface area contributed by atoms with E-state index in [-0.39, 0.29) is 18.0 Å². The van der Waals surface area contributed by atoms with Gasteiger partial charge in [0.15, 0.2) is 5.78 Å². The van der Waals surface area contributed by atoms with Crippen molar-refractivity contribution in [3.63, 3.8) is 0 Å². The highest BCUT2D eigenvalue weighted by Gasteiger charge is 2.17. The molecule has 0 saturated carbocycles. The van der Waals surface area contributed by atoms with Crippen LogP contribution in [0, 0.1) is 19.7 Å². The van der Waals surface area contributed by atoms with Crippen molar-refractivity contribution in [3.8, 4) is 0 Å². The summed E-state index contributed by atoms with van der Waals surface area (Å²) in [6.45, 7) is 6.24. The third-order valence-corrected chi connectivity index (χ3v) is 4.29. The van der Waals surface area contributed by atoms with Gasteiger partial charge >= 0.3 is 0 Å². The van der Waals surface area contributed by atoms with Gasteiger partial charge in [-0.15, -0.1) is 0 Å². The average molecular weight is 339 g/mol. The second-order valence-electron chi connectivity index (χ2n) is 4.73. The minimum Gasteiger partial charge on any atom is -0.294 e. The van der Waals surface area contributed by atoms with Crippen molar-refractivity contribution in [3.05, 3.63) is 51.0 Å². The molecule has 1 aromatic heterocycles. The molecule has 0 amide bonds. The molecule has 0 spiro atoms. The number of hydrogen-bond acceptors (Lipinski definition) is 2. The summed E-state index contributed by atoms with van der Waals surface area (Å²) in [6, 6.07) is 4.45. The van der Waals surface area contributed by atoms with E-state index in [0.717, 1.165) is 15.9 Å². The number of halogens is 2. The van der Waals surface area contributed by atoms with Crippen LogP contribution < -0.4 is 0 Å². The van der Waals surface area contributed by atoms with E-state index < -0.39 is 0 Å². The van der Waals surface area contributed by atoms with E-state index in [0.29, 0.717) is 17.7 Å². The predicted molar refractivity (Wildman–Crippen MR) is 79.5 cm³/mol. The van der Waals surface area contributed by atoms with Crippen molar-refractivity contribution < 1.29 is 9.18 Å². The van der Waals surface area contributed by atoms with Gasteiger partial charge in [0.25, 0.3) is 0 Å². The molecule has 0 bridgehead atoms. The average Bonchev–Trinajstić information content (AvgIpc) is 2.69. The Kier molecular flexibility index (Phi) is 4.38. The molecule has 1 aromatic carbocycles. The molecule has 0 unspecified atom stereocenters. The molecule has 1 heterocycles. The van der Waals surface area contributed by atoms with Crippen LogP contribution in [-0.2, 0) is 13.0 Å². The first-order chi connectivity index (χ1) is 9.43. The summed E-state index contributed by atoms with van der Waals surface area (Å²) in [5.74, 6) is -0.333. The largest absolute Gasteiger partial charge is 0.294 e. The van der Waals surface area contributed by atoms with Gasteiger partial charge in [0.2, 0.25) is 0 Å². The van der Waals surface area contributed by atoms with Gasteiger partial charge in [-0.2, -0.15) is 5.10 Å². The van der Waals surface area contributed by atoms with Crippen molar-refractivity contribution in [1.82, 2.24) is 9.78 Å². The summed E-state index contributed by atoms with van der Waals surface area (Å²) in [4.78, 5) is 12.3. The van der Waals surface area contributed by atoms with Crippen LogP contribution in [0.1, 0.15) is 34.2 Å². The first kappa shape index (κ1) is 14.9. The van der Waals surface area contributed by atoms with E-state index in [1.807, 2.05) is 18.5 Å². The van der Waals surface area contributed by atoms with E-state index in [1.165, 1.54) is 12.1 Å². The molecule has 3 nitrogen and oxygen atoms in total. The van der Waals surface area contributed by atoms with Crippen molar-refractivity contribution in [1.29, 1.82) is 0 Å². The normalized spacial score (nSPS) is 10.8. The van der Waals surface area contributed by atoms with Crippen molar-refractivity contribution in [2.75, 3.05) is 0 Å². The van der Waals surface area contributed by atoms with Gasteiger partial charge in [-0.25, -0.2) is 4.39 Å². The van der Waals surface area contributed by atoms with E-state index in [2.05, 4.69) is 21.0 Å². The van der Waals surface area contributed by atoms with Gasteiger partial charge in [0.1, 0.15) is 5.82 Å². The Balaban J connectivity index is 2.30. The Bertz CT molecular complexity index is 664. The number of nitrogens with zero attached hydrogens (tertiary/aromatic N) is 2. The van der Waals surface area contributed by atoms with Crippen LogP contribution in [0.25, 0.3) is 0 Å². The highest BCUT2D eigenvalue weighted by atomic mass is 79.9. The fourth-order valence-corrected chi connectivity index (χ4v) is 2.53. The quantitative estimate of drug-likeness (QED) is 0.793. The molecular formula is C15H16BrFN2O. The second-order valence-corrected chi connectivity index (χ2v) is 5.52. The highest BCUT2D eigenvalue weighted by molar-refractivity contribution is 9.10. The number of aryl methyl sites for hydroxylation is 3. The molecule has 0 fully saturated rings. The zero-order chi connectivity index (χ0) is 14.9. The lowest BCUT2D eigenvalue weighted by molar-refractivity contribution is 0.0990. The first-order valence-electron chi connectivity index (χ1n) is 6.45. The molecule has 0 aliphatic rings. The SMILES string of the molecule is CCn1nc(C)c(Br)c1CC(=O)c1ccc(F)c(C)c1. The van der Waals surface area contributed by atoms with Crippen LogP contribution in [0.3, 0.4) is 0 Å². The third-order valence-electron chi connectivity index (χ3n) is 3.26. The zero-order valence-corrected chi connectivity index (χ0v) is 13.3. The minimum absolute atomic E-state index is 0.0385. The van der Waals surface area contributed by atoms with E-state index >= 15 is 0 Å². The van der Waals surface area contributed by atoms with Crippen LogP contribution in [0.5, 0.6) is 0 Å². The topological polar surface area (TPSA) is 34.9 Å². The maximum Gasteiger partial charge on any atom is 0.168 e. The van der Waals surface area contributed by atoms with Crippen molar-refractivity contribution >= 4 is 21.7 Å². The lowest BCUT2D eigenvalue weighted by atomic mass is 10.0. The Morgan fingerprint density at radius 2 is 2.10 bits per heavy atom. The molecule has 106 valence electrons. The number of Topliss-reactive ketones (excluding diaryl/α,β-unsaturated/α-hetero) is 1. The number of aromatic nitrogens is 2. The molecule has 2 aromatic rings. The summed E-state index contributed by atoms with van der Waals surface area (Å²) < 4.78 is 15.9. The van der Waals surface area contributed by atoms with E-state index in [9.17, 15) is 9.18 Å². The third kappa shape index (κ3) is 2.82. The Morgan fingerprint density at radius 1 is 1.40 bits per heavy atom. The van der Waals surface area contributed by atoms with Crippen molar-refractivity contribution in [2.45, 2.75) is 33.7 Å². The standard InChI is InChI=1S/C15H16BrFN2O/c1-4-19-13(15(16)10(3)18-19)8-14(20)11-5-6-12(17)9(2)7-11/h5-7H,4,8H2,1-3H3. The van der Waals surface area contributed by atoms with Crippen molar-refractivity contribution in [2.24, 2.45) is 0 Å². The molecule has 0 saturated heterocycles. The van der Waals surface area contributed by atoms with Gasteiger partial charge in [0, 0.05) is 12.1 Å². The molecular weight excluding hydrogens is 323 g/mol. The summed E-state index contributed by atoms with van der Waals surface area (Å²) >= 11 is 3.47. The van der Waals surface area contributed by atoms with E-state index in [1.54, 1.807) is 13.0 Å². The number of ketones is 1. The monoisotopic (exact) mass is 338 g/mol. The molecule has 0 atom stereocenters. The first-order valence-corrected chi connectivity index (χ1v) is 7.24. The molecule has 0 radical (unpaired) electrons. The summed E-state index contributed by atoms with van der Waals surface area (Å²) in [7, 11) is 0. The van der Waals surface area contributed by atoms with Gasteiger partial charge in [-0.1, -0.05) is 0 Å². The summed E-state index contributed by atoms with van der Waals surface area (Å²) in [5.41, 5.74) is 2.73. The smallest absolute Gasteiger partial charge is 0.168 e. The molecule has 5 heteroatoms. The molecule has 0 aliphatic carbocycles. The molecule has 0 N–H and O–H groups in total. The zero-order valence-electron chi connectivity index (χ0n) is 11.7. The van der Waals surface area contributed by atoms with Gasteiger partial charge in [-0.05, 0) is 60.5 Å². The molecule has 0 aliphatic heterocycles. The van der Waals surface area contributed by atoms with Crippen LogP contribution >= 0.6 is 15.9 Å². The predicted octanol–water partition coefficient (Wildman–Crippen LogP) is 3.85. The highest BCUT2D eigenvalue weighted by Crippen LogP contribution is 2.23. The minimum atomic E-state index is -0.294. The fraction of sp³-hybridized carbons (Fsp3) is 0.333. The number of carbonyl (C=O) groups excluding carboxylic acids is 1. The van der Waals surface area contributed by atoms with Gasteiger partial charge < -0.3 is 0 Å². The van der Waals surface area contributed by atoms with Crippen LogP contribution in [0.15, 0.2) is 22.7 Å². The van der Waals surface area contributed by atoms with Crippen LogP contribution in [0.4, 0.5) is 4.39 Å². The Morgan fingerprint density at radius 3 is 2.70 bits per heavy atom. The molecule has 2 rings (SSSR count). The Labute approximate surface area is 125 Å². The number of hydrogen-bond donors (Lipinski definition) is 0. The maximum atomic E-state index is 13.2.